The fourth-order valence-corrected chi connectivity index (χ4v) is 3.57. The number of H-pyrrole nitrogens is 1. The lowest BCUT2D eigenvalue weighted by Gasteiger charge is -2.18. The van der Waals surface area contributed by atoms with Crippen LogP contribution in [0.1, 0.15) is 35.0 Å². The van der Waals surface area contributed by atoms with E-state index in [9.17, 15) is 4.79 Å². The molecule has 2 heterocycles. The van der Waals surface area contributed by atoms with E-state index in [2.05, 4.69) is 40.3 Å². The zero-order valence-corrected chi connectivity index (χ0v) is 14.3. The number of amides is 1. The molecule has 1 amide bonds. The van der Waals surface area contributed by atoms with Gasteiger partial charge in [-0.25, -0.2) is 4.98 Å². The fourth-order valence-electron chi connectivity index (χ4n) is 3.57. The number of nitrogens with zero attached hydrogens (tertiary/aromatic N) is 2. The number of carbonyl (C=O) groups is 1. The number of fused-ring (bicyclic) bond motifs is 1. The van der Waals surface area contributed by atoms with Gasteiger partial charge in [-0.1, -0.05) is 48.5 Å². The van der Waals surface area contributed by atoms with Crippen molar-refractivity contribution in [2.24, 2.45) is 0 Å². The van der Waals surface area contributed by atoms with Crippen LogP contribution in [0, 0.1) is 6.92 Å². The Morgan fingerprint density at radius 1 is 1.16 bits per heavy atom. The van der Waals surface area contributed by atoms with Crippen molar-refractivity contribution in [3.63, 3.8) is 0 Å². The van der Waals surface area contributed by atoms with Gasteiger partial charge in [0.2, 0.25) is 5.91 Å². The van der Waals surface area contributed by atoms with Gasteiger partial charge >= 0.3 is 0 Å². The molecular weight excluding hydrogens is 310 g/mol. The van der Waals surface area contributed by atoms with Gasteiger partial charge < -0.3 is 9.88 Å². The summed E-state index contributed by atoms with van der Waals surface area (Å²) >= 11 is 0. The highest BCUT2D eigenvalue weighted by Crippen LogP contribution is 2.40. The summed E-state index contributed by atoms with van der Waals surface area (Å²) in [6, 6.07) is 18.7. The van der Waals surface area contributed by atoms with Gasteiger partial charge in [0.15, 0.2) is 0 Å². The van der Waals surface area contributed by atoms with Crippen LogP contribution in [0.25, 0.3) is 0 Å². The third-order valence-corrected chi connectivity index (χ3v) is 4.80. The lowest BCUT2D eigenvalue weighted by atomic mass is 9.93. The molecule has 1 aliphatic rings. The highest BCUT2D eigenvalue weighted by atomic mass is 16.2. The molecule has 1 aliphatic heterocycles. The molecule has 1 atom stereocenters. The summed E-state index contributed by atoms with van der Waals surface area (Å²) in [5, 5.41) is 0. The summed E-state index contributed by atoms with van der Waals surface area (Å²) in [5.74, 6) is 1.27. The summed E-state index contributed by atoms with van der Waals surface area (Å²) in [6.45, 7) is 2.68. The van der Waals surface area contributed by atoms with Crippen molar-refractivity contribution in [1.82, 2.24) is 9.97 Å². The van der Waals surface area contributed by atoms with Crippen molar-refractivity contribution in [1.29, 1.82) is 0 Å². The lowest BCUT2D eigenvalue weighted by molar-refractivity contribution is -0.118. The summed E-state index contributed by atoms with van der Waals surface area (Å²) < 4.78 is 0. The van der Waals surface area contributed by atoms with Crippen molar-refractivity contribution in [2.75, 3.05) is 11.4 Å². The third kappa shape index (κ3) is 3.07. The molecule has 2 aromatic carbocycles. The second-order valence-corrected chi connectivity index (χ2v) is 6.54. The number of rotatable bonds is 4. The Morgan fingerprint density at radius 2 is 1.92 bits per heavy atom. The Hall–Kier alpha value is -2.88. The predicted octanol–water partition coefficient (Wildman–Crippen LogP) is 3.83. The minimum atomic E-state index is 0.153. The number of nitrogens with one attached hydrogen (secondary N) is 1. The van der Waals surface area contributed by atoms with Crippen molar-refractivity contribution in [3.05, 3.63) is 83.4 Å². The molecule has 0 saturated carbocycles. The maximum Gasteiger partial charge on any atom is 0.227 e. The van der Waals surface area contributed by atoms with E-state index in [0.717, 1.165) is 17.2 Å². The first kappa shape index (κ1) is 15.6. The molecule has 3 aromatic rings. The number of para-hydroxylation sites is 1. The van der Waals surface area contributed by atoms with Crippen LogP contribution in [0.3, 0.4) is 0 Å². The summed E-state index contributed by atoms with van der Waals surface area (Å²) in [5.41, 5.74) is 4.55. The average Bonchev–Trinajstić information content (AvgIpc) is 3.24. The van der Waals surface area contributed by atoms with Crippen LogP contribution in [0.2, 0.25) is 0 Å². The molecule has 126 valence electrons. The molecule has 4 rings (SSSR count). The van der Waals surface area contributed by atoms with Gasteiger partial charge in [-0.2, -0.15) is 0 Å². The first-order valence-electron chi connectivity index (χ1n) is 8.67. The van der Waals surface area contributed by atoms with Crippen LogP contribution in [0.5, 0.6) is 0 Å². The molecule has 0 spiro atoms. The number of aromatic amines is 1. The van der Waals surface area contributed by atoms with Gasteiger partial charge in [-0.15, -0.1) is 0 Å². The summed E-state index contributed by atoms with van der Waals surface area (Å²) in [7, 11) is 0. The molecule has 1 N–H and O–H groups in total. The number of hydrogen-bond donors (Lipinski definition) is 1. The standard InChI is InChI=1S/C21H21N3O/c1-15-13-22-20(23-15)11-12-21(25)24-14-18(16-7-3-2-4-8-16)17-9-5-6-10-19(17)24/h2-10,13,18H,11-12,14H2,1H3,(H,22,23). The molecule has 0 fully saturated rings. The van der Waals surface area contributed by atoms with Gasteiger partial charge in [0.1, 0.15) is 5.82 Å². The van der Waals surface area contributed by atoms with Gasteiger partial charge in [0.05, 0.1) is 0 Å². The van der Waals surface area contributed by atoms with E-state index in [0.29, 0.717) is 19.4 Å². The van der Waals surface area contributed by atoms with Gasteiger partial charge in [-0.05, 0) is 24.1 Å². The zero-order chi connectivity index (χ0) is 17.2. The van der Waals surface area contributed by atoms with E-state index >= 15 is 0 Å². The van der Waals surface area contributed by atoms with E-state index in [1.807, 2.05) is 36.1 Å². The van der Waals surface area contributed by atoms with Crippen LogP contribution >= 0.6 is 0 Å². The van der Waals surface area contributed by atoms with E-state index in [1.165, 1.54) is 11.1 Å². The van der Waals surface area contributed by atoms with Crippen LogP contribution in [-0.2, 0) is 11.2 Å². The van der Waals surface area contributed by atoms with Crippen molar-refractivity contribution in [2.45, 2.75) is 25.7 Å². The van der Waals surface area contributed by atoms with Gasteiger partial charge in [0.25, 0.3) is 0 Å². The van der Waals surface area contributed by atoms with Crippen molar-refractivity contribution < 1.29 is 4.79 Å². The molecule has 0 radical (unpaired) electrons. The van der Waals surface area contributed by atoms with Gasteiger partial charge in [0, 0.05) is 42.9 Å². The quantitative estimate of drug-likeness (QED) is 0.790. The van der Waals surface area contributed by atoms with Crippen LogP contribution in [-0.4, -0.2) is 22.4 Å². The molecule has 4 heteroatoms. The maximum absolute atomic E-state index is 12.8. The summed E-state index contributed by atoms with van der Waals surface area (Å²) in [4.78, 5) is 22.3. The van der Waals surface area contributed by atoms with Gasteiger partial charge in [-0.3, -0.25) is 4.79 Å². The normalized spacial score (nSPS) is 16.0. The van der Waals surface area contributed by atoms with Crippen LogP contribution in [0.4, 0.5) is 5.69 Å². The molecule has 0 bridgehead atoms. The second-order valence-electron chi connectivity index (χ2n) is 6.54. The van der Waals surface area contributed by atoms with Crippen molar-refractivity contribution in [3.8, 4) is 0 Å². The zero-order valence-electron chi connectivity index (χ0n) is 14.3. The SMILES string of the molecule is Cc1cnc(CCC(=O)N2CC(c3ccccc3)c3ccccc32)[nH]1. The smallest absolute Gasteiger partial charge is 0.227 e. The molecule has 0 aliphatic carbocycles. The monoisotopic (exact) mass is 331 g/mol. The number of anilines is 1. The largest absolute Gasteiger partial charge is 0.346 e. The Kier molecular flexibility index (Phi) is 4.10. The number of imidazole rings is 1. The molecular formula is C21H21N3O. The maximum atomic E-state index is 12.8. The Morgan fingerprint density at radius 3 is 2.68 bits per heavy atom. The third-order valence-electron chi connectivity index (χ3n) is 4.80. The first-order valence-corrected chi connectivity index (χ1v) is 8.67. The van der Waals surface area contributed by atoms with E-state index in [4.69, 9.17) is 0 Å². The molecule has 1 unspecified atom stereocenters. The minimum Gasteiger partial charge on any atom is -0.346 e. The van der Waals surface area contributed by atoms with E-state index in [-0.39, 0.29) is 11.8 Å². The Bertz CT molecular complexity index is 885. The lowest BCUT2D eigenvalue weighted by Crippen LogP contribution is -2.30. The minimum absolute atomic E-state index is 0.153. The highest BCUT2D eigenvalue weighted by molar-refractivity contribution is 5.96. The van der Waals surface area contributed by atoms with Crippen LogP contribution < -0.4 is 4.90 Å². The number of benzene rings is 2. The van der Waals surface area contributed by atoms with Crippen LogP contribution in [0.15, 0.2) is 60.8 Å². The molecule has 1 aromatic heterocycles. The molecule has 4 nitrogen and oxygen atoms in total. The molecule has 0 saturated heterocycles. The topological polar surface area (TPSA) is 49.0 Å². The van der Waals surface area contributed by atoms with E-state index in [1.54, 1.807) is 6.20 Å². The summed E-state index contributed by atoms with van der Waals surface area (Å²) in [6.07, 6.45) is 2.90. The Labute approximate surface area is 147 Å². The highest BCUT2D eigenvalue weighted by Gasteiger charge is 2.32. The number of carbonyl (C=O) groups excluding carboxylic acids is 1. The first-order chi connectivity index (χ1) is 12.2. The predicted molar refractivity (Wildman–Crippen MR) is 98.7 cm³/mol. The number of aryl methyl sites for hydroxylation is 2. The average molecular weight is 331 g/mol. The number of hydrogen-bond acceptors (Lipinski definition) is 2. The Balaban J connectivity index is 1.55. The molecule has 25 heavy (non-hydrogen) atoms. The van der Waals surface area contributed by atoms with Crippen molar-refractivity contribution >= 4 is 11.6 Å². The number of aromatic nitrogens is 2. The van der Waals surface area contributed by atoms with E-state index < -0.39 is 0 Å². The second kappa shape index (κ2) is 6.55. The fraction of sp³-hybridized carbons (Fsp3) is 0.238.